The molecule has 3 heterocycles. The normalized spacial score (nSPS) is 15.3. The van der Waals surface area contributed by atoms with Crippen molar-refractivity contribution in [2.24, 2.45) is 5.92 Å². The number of rotatable bonds is 5. The van der Waals surface area contributed by atoms with Crippen LogP contribution in [0.4, 0.5) is 0 Å². The number of carbonyl (C=O) groups is 1. The summed E-state index contributed by atoms with van der Waals surface area (Å²) in [5.74, 6) is -0.0261. The average Bonchev–Trinajstić information content (AvgIpc) is 2.88. The van der Waals surface area contributed by atoms with E-state index in [0.29, 0.717) is 5.69 Å². The van der Waals surface area contributed by atoms with E-state index in [2.05, 4.69) is 26.7 Å². The lowest BCUT2D eigenvalue weighted by atomic mass is 9.95. The molecule has 2 aromatic carbocycles. The van der Waals surface area contributed by atoms with Gasteiger partial charge in [0.05, 0.1) is 17.3 Å². The number of piperidine rings is 1. The topological polar surface area (TPSA) is 79.8 Å². The standard InChI is InChI=1S/C26H24ClN5O/c27-25-24(29-14-15-30-25)23(32-26(33)19-10-12-28-13-11-19)20-7-6-18-8-9-21(31-22(18)16-20)17-4-2-1-3-5-17/h1-9,14-16,19,23,28H,10-13H2,(H,32,33). The average molecular weight is 458 g/mol. The van der Waals surface area contributed by atoms with Crippen molar-refractivity contribution in [3.63, 3.8) is 0 Å². The first kappa shape index (κ1) is 21.5. The van der Waals surface area contributed by atoms with Crippen molar-refractivity contribution in [1.29, 1.82) is 0 Å². The van der Waals surface area contributed by atoms with Crippen LogP contribution >= 0.6 is 11.6 Å². The Kier molecular flexibility index (Phi) is 6.28. The van der Waals surface area contributed by atoms with Gasteiger partial charge in [-0.25, -0.2) is 9.97 Å². The van der Waals surface area contributed by atoms with E-state index in [9.17, 15) is 4.79 Å². The van der Waals surface area contributed by atoms with Crippen LogP contribution in [-0.4, -0.2) is 33.9 Å². The number of carbonyl (C=O) groups excluding carboxylic acids is 1. The molecule has 4 aromatic rings. The molecule has 0 radical (unpaired) electrons. The van der Waals surface area contributed by atoms with Crippen LogP contribution in [0.15, 0.2) is 73.1 Å². The third-order valence-corrected chi connectivity index (χ3v) is 6.36. The molecule has 2 N–H and O–H groups in total. The van der Waals surface area contributed by atoms with Crippen molar-refractivity contribution in [2.75, 3.05) is 13.1 Å². The number of fused-ring (bicyclic) bond motifs is 1. The maximum absolute atomic E-state index is 13.1. The highest BCUT2D eigenvalue weighted by Gasteiger charge is 2.27. The van der Waals surface area contributed by atoms with Gasteiger partial charge in [0.1, 0.15) is 5.69 Å². The molecule has 166 valence electrons. The van der Waals surface area contributed by atoms with Crippen LogP contribution in [0.3, 0.4) is 0 Å². The number of hydrogen-bond acceptors (Lipinski definition) is 5. The van der Waals surface area contributed by atoms with Crippen LogP contribution in [-0.2, 0) is 4.79 Å². The van der Waals surface area contributed by atoms with E-state index in [1.54, 1.807) is 12.4 Å². The van der Waals surface area contributed by atoms with E-state index in [4.69, 9.17) is 16.6 Å². The molecular formula is C26H24ClN5O. The molecule has 7 heteroatoms. The Morgan fingerprint density at radius 3 is 2.55 bits per heavy atom. The highest BCUT2D eigenvalue weighted by molar-refractivity contribution is 6.30. The number of benzene rings is 2. The van der Waals surface area contributed by atoms with E-state index >= 15 is 0 Å². The number of pyridine rings is 1. The summed E-state index contributed by atoms with van der Waals surface area (Å²) >= 11 is 6.41. The van der Waals surface area contributed by atoms with Gasteiger partial charge in [0.2, 0.25) is 5.91 Å². The lowest BCUT2D eigenvalue weighted by Crippen LogP contribution is -2.40. The van der Waals surface area contributed by atoms with Gasteiger partial charge in [0.25, 0.3) is 0 Å². The van der Waals surface area contributed by atoms with Crippen LogP contribution in [0.1, 0.15) is 30.1 Å². The molecule has 1 aliphatic heterocycles. The molecule has 33 heavy (non-hydrogen) atoms. The minimum absolute atomic E-state index is 0.00862. The van der Waals surface area contributed by atoms with Gasteiger partial charge in [-0.05, 0) is 43.6 Å². The van der Waals surface area contributed by atoms with Crippen LogP contribution < -0.4 is 10.6 Å². The van der Waals surface area contributed by atoms with Crippen LogP contribution in [0.5, 0.6) is 0 Å². The van der Waals surface area contributed by atoms with Gasteiger partial charge in [-0.15, -0.1) is 0 Å². The van der Waals surface area contributed by atoms with Gasteiger partial charge in [-0.1, -0.05) is 60.1 Å². The summed E-state index contributed by atoms with van der Waals surface area (Å²) in [5, 5.41) is 7.79. The molecule has 1 aliphatic rings. The zero-order valence-corrected chi connectivity index (χ0v) is 18.8. The predicted molar refractivity (Wildman–Crippen MR) is 130 cm³/mol. The predicted octanol–water partition coefficient (Wildman–Crippen LogP) is 4.55. The van der Waals surface area contributed by atoms with E-state index in [-0.39, 0.29) is 17.0 Å². The van der Waals surface area contributed by atoms with Crippen molar-refractivity contribution in [2.45, 2.75) is 18.9 Å². The van der Waals surface area contributed by atoms with Gasteiger partial charge in [0.15, 0.2) is 5.15 Å². The number of halogens is 1. The maximum atomic E-state index is 13.1. The molecule has 0 aliphatic carbocycles. The molecule has 6 nitrogen and oxygen atoms in total. The molecule has 0 saturated carbocycles. The van der Waals surface area contributed by atoms with Crippen LogP contribution in [0, 0.1) is 5.92 Å². The number of hydrogen-bond donors (Lipinski definition) is 2. The monoisotopic (exact) mass is 457 g/mol. The number of nitrogens with one attached hydrogen (secondary N) is 2. The summed E-state index contributed by atoms with van der Waals surface area (Å²) in [4.78, 5) is 26.7. The Bertz CT molecular complexity index is 1270. The first-order valence-electron chi connectivity index (χ1n) is 11.1. The Morgan fingerprint density at radius 2 is 1.76 bits per heavy atom. The molecule has 1 atom stereocenters. The van der Waals surface area contributed by atoms with Gasteiger partial charge in [-0.2, -0.15) is 0 Å². The summed E-state index contributed by atoms with van der Waals surface area (Å²) in [5.41, 5.74) is 4.19. The van der Waals surface area contributed by atoms with E-state index in [0.717, 1.165) is 53.7 Å². The Balaban J connectivity index is 1.54. The van der Waals surface area contributed by atoms with Crippen molar-refractivity contribution >= 4 is 28.4 Å². The fraction of sp³-hybridized carbons (Fsp3) is 0.231. The summed E-state index contributed by atoms with van der Waals surface area (Å²) in [6.45, 7) is 1.69. The zero-order valence-electron chi connectivity index (χ0n) is 18.0. The Labute approximate surface area is 197 Å². The van der Waals surface area contributed by atoms with E-state index in [1.807, 2.05) is 54.6 Å². The van der Waals surface area contributed by atoms with Gasteiger partial charge in [0, 0.05) is 29.3 Å². The van der Waals surface area contributed by atoms with Crippen molar-refractivity contribution in [1.82, 2.24) is 25.6 Å². The summed E-state index contributed by atoms with van der Waals surface area (Å²) in [6.07, 6.45) is 4.77. The molecule has 0 bridgehead atoms. The van der Waals surface area contributed by atoms with Gasteiger partial charge >= 0.3 is 0 Å². The van der Waals surface area contributed by atoms with Gasteiger partial charge in [-0.3, -0.25) is 9.78 Å². The van der Waals surface area contributed by atoms with Crippen LogP contribution in [0.2, 0.25) is 5.15 Å². The van der Waals surface area contributed by atoms with E-state index in [1.165, 1.54) is 0 Å². The molecule has 2 aromatic heterocycles. The lowest BCUT2D eigenvalue weighted by molar-refractivity contribution is -0.126. The second kappa shape index (κ2) is 9.65. The summed E-state index contributed by atoms with van der Waals surface area (Å²) in [7, 11) is 0. The molecule has 0 spiro atoms. The summed E-state index contributed by atoms with van der Waals surface area (Å²) in [6, 6.07) is 19.6. The third-order valence-electron chi connectivity index (χ3n) is 6.07. The SMILES string of the molecule is O=C(NC(c1ccc2ccc(-c3ccccc3)nc2c1)c1nccnc1Cl)C1CCNCC1. The molecule has 1 amide bonds. The minimum atomic E-state index is -0.514. The molecule has 1 fully saturated rings. The maximum Gasteiger partial charge on any atom is 0.224 e. The van der Waals surface area contributed by atoms with Crippen molar-refractivity contribution in [3.05, 3.63) is 89.5 Å². The van der Waals surface area contributed by atoms with Crippen molar-refractivity contribution in [3.8, 4) is 11.3 Å². The molecule has 1 unspecified atom stereocenters. The smallest absolute Gasteiger partial charge is 0.224 e. The zero-order chi connectivity index (χ0) is 22.6. The quantitative estimate of drug-likeness (QED) is 0.459. The minimum Gasteiger partial charge on any atom is -0.343 e. The second-order valence-electron chi connectivity index (χ2n) is 8.21. The highest BCUT2D eigenvalue weighted by atomic mass is 35.5. The second-order valence-corrected chi connectivity index (χ2v) is 8.57. The Hall–Kier alpha value is -3.35. The number of aromatic nitrogens is 3. The lowest BCUT2D eigenvalue weighted by Gasteiger charge is -2.26. The fourth-order valence-electron chi connectivity index (χ4n) is 4.26. The fourth-order valence-corrected chi connectivity index (χ4v) is 4.48. The van der Waals surface area contributed by atoms with Gasteiger partial charge < -0.3 is 10.6 Å². The summed E-state index contributed by atoms with van der Waals surface area (Å²) < 4.78 is 0. The van der Waals surface area contributed by atoms with Crippen LogP contribution in [0.25, 0.3) is 22.2 Å². The highest BCUT2D eigenvalue weighted by Crippen LogP contribution is 2.29. The molecule has 1 saturated heterocycles. The first-order chi connectivity index (χ1) is 16.2. The van der Waals surface area contributed by atoms with Crippen molar-refractivity contribution < 1.29 is 4.79 Å². The Morgan fingerprint density at radius 1 is 1.00 bits per heavy atom. The molecular weight excluding hydrogens is 434 g/mol. The van der Waals surface area contributed by atoms with E-state index < -0.39 is 6.04 Å². The largest absolute Gasteiger partial charge is 0.343 e. The molecule has 5 rings (SSSR count). The third kappa shape index (κ3) is 4.72. The number of nitrogens with zero attached hydrogens (tertiary/aromatic N) is 3. The first-order valence-corrected chi connectivity index (χ1v) is 11.5. The number of amides is 1.